The van der Waals surface area contributed by atoms with Gasteiger partial charge >= 0.3 is 5.76 Å². The SMILES string of the molecule is CCCCC(C)C(=O)c1ccc2[nH]c(=O)oc2c1. The van der Waals surface area contributed by atoms with Crippen molar-refractivity contribution in [1.82, 2.24) is 4.98 Å². The molecule has 1 heterocycles. The van der Waals surface area contributed by atoms with E-state index in [1.54, 1.807) is 18.2 Å². The summed E-state index contributed by atoms with van der Waals surface area (Å²) in [6.45, 7) is 4.05. The molecular formula is C14H17NO3. The van der Waals surface area contributed by atoms with Crippen LogP contribution in [-0.4, -0.2) is 10.8 Å². The van der Waals surface area contributed by atoms with Gasteiger partial charge in [0.25, 0.3) is 0 Å². The Hall–Kier alpha value is -1.84. The molecule has 1 unspecified atom stereocenters. The summed E-state index contributed by atoms with van der Waals surface area (Å²) in [5.74, 6) is -0.379. The number of ketones is 1. The van der Waals surface area contributed by atoms with Gasteiger partial charge in [-0.1, -0.05) is 26.7 Å². The molecule has 4 heteroatoms. The van der Waals surface area contributed by atoms with Crippen molar-refractivity contribution >= 4 is 16.9 Å². The topological polar surface area (TPSA) is 63.1 Å². The first-order valence-corrected chi connectivity index (χ1v) is 6.29. The van der Waals surface area contributed by atoms with E-state index in [0.29, 0.717) is 16.7 Å². The van der Waals surface area contributed by atoms with E-state index in [-0.39, 0.29) is 11.7 Å². The third kappa shape index (κ3) is 2.53. The molecule has 2 aromatic rings. The van der Waals surface area contributed by atoms with E-state index in [1.165, 1.54) is 0 Å². The Bertz CT molecular complexity index is 609. The number of carbonyl (C=O) groups is 1. The third-order valence-electron chi connectivity index (χ3n) is 3.14. The van der Waals surface area contributed by atoms with Crippen molar-refractivity contribution in [2.24, 2.45) is 5.92 Å². The lowest BCUT2D eigenvalue weighted by atomic mass is 9.94. The zero-order valence-electron chi connectivity index (χ0n) is 10.7. The van der Waals surface area contributed by atoms with Crippen molar-refractivity contribution in [3.05, 3.63) is 34.3 Å². The molecule has 1 N–H and O–H groups in total. The first-order chi connectivity index (χ1) is 8.61. The van der Waals surface area contributed by atoms with Gasteiger partial charge in [-0.25, -0.2) is 4.79 Å². The second-order valence-corrected chi connectivity index (χ2v) is 4.63. The number of aromatic amines is 1. The molecule has 0 bridgehead atoms. The number of hydrogen-bond acceptors (Lipinski definition) is 3. The smallest absolute Gasteiger partial charge is 0.408 e. The number of unbranched alkanes of at least 4 members (excludes halogenated alkanes) is 1. The van der Waals surface area contributed by atoms with Crippen LogP contribution in [0.4, 0.5) is 0 Å². The van der Waals surface area contributed by atoms with E-state index in [0.717, 1.165) is 19.3 Å². The Morgan fingerprint density at radius 3 is 2.94 bits per heavy atom. The first-order valence-electron chi connectivity index (χ1n) is 6.29. The van der Waals surface area contributed by atoms with Crippen LogP contribution in [0, 0.1) is 5.92 Å². The van der Waals surface area contributed by atoms with Crippen LogP contribution in [0.2, 0.25) is 0 Å². The van der Waals surface area contributed by atoms with E-state index in [4.69, 9.17) is 4.42 Å². The standard InChI is InChI=1S/C14H17NO3/c1-3-4-5-9(2)13(16)10-6-7-11-12(8-10)18-14(17)15-11/h6-9H,3-5H2,1-2H3,(H,15,17). The number of Topliss-reactive ketones (excluding diaryl/α,β-unsaturated/α-hetero) is 1. The largest absolute Gasteiger partial charge is 0.417 e. The Morgan fingerprint density at radius 2 is 2.22 bits per heavy atom. The summed E-state index contributed by atoms with van der Waals surface area (Å²) in [6.07, 6.45) is 3.03. The molecule has 1 aromatic heterocycles. The third-order valence-corrected chi connectivity index (χ3v) is 3.14. The molecule has 0 aliphatic heterocycles. The predicted molar refractivity (Wildman–Crippen MR) is 69.9 cm³/mol. The number of nitrogens with one attached hydrogen (secondary N) is 1. The van der Waals surface area contributed by atoms with Crippen LogP contribution in [0.5, 0.6) is 0 Å². The van der Waals surface area contributed by atoms with Crippen molar-refractivity contribution < 1.29 is 9.21 Å². The maximum absolute atomic E-state index is 12.2. The molecule has 0 aliphatic rings. The fraction of sp³-hybridized carbons (Fsp3) is 0.429. The van der Waals surface area contributed by atoms with Gasteiger partial charge in [-0.3, -0.25) is 9.78 Å². The number of fused-ring (bicyclic) bond motifs is 1. The predicted octanol–water partition coefficient (Wildman–Crippen LogP) is 3.13. The van der Waals surface area contributed by atoms with Gasteiger partial charge in [-0.05, 0) is 24.6 Å². The number of aromatic nitrogens is 1. The fourth-order valence-corrected chi connectivity index (χ4v) is 2.02. The molecule has 0 saturated heterocycles. The lowest BCUT2D eigenvalue weighted by Crippen LogP contribution is -2.11. The molecule has 1 aromatic carbocycles. The van der Waals surface area contributed by atoms with Crippen molar-refractivity contribution in [3.8, 4) is 0 Å². The van der Waals surface area contributed by atoms with Crippen LogP contribution >= 0.6 is 0 Å². The van der Waals surface area contributed by atoms with E-state index in [2.05, 4.69) is 11.9 Å². The van der Waals surface area contributed by atoms with Crippen LogP contribution < -0.4 is 5.76 Å². The summed E-state index contributed by atoms with van der Waals surface area (Å²) < 4.78 is 4.96. The Kier molecular flexibility index (Phi) is 3.65. The highest BCUT2D eigenvalue weighted by Gasteiger charge is 2.15. The van der Waals surface area contributed by atoms with Gasteiger partial charge in [0, 0.05) is 11.5 Å². The molecule has 1 atom stereocenters. The zero-order valence-corrected chi connectivity index (χ0v) is 10.7. The summed E-state index contributed by atoms with van der Waals surface area (Å²) in [5, 5.41) is 0. The summed E-state index contributed by atoms with van der Waals surface area (Å²) in [5.41, 5.74) is 1.67. The number of H-pyrrole nitrogens is 1. The average molecular weight is 247 g/mol. The van der Waals surface area contributed by atoms with Crippen LogP contribution in [0.15, 0.2) is 27.4 Å². The van der Waals surface area contributed by atoms with Crippen molar-refractivity contribution in [2.75, 3.05) is 0 Å². The number of benzene rings is 1. The highest BCUT2D eigenvalue weighted by atomic mass is 16.4. The lowest BCUT2D eigenvalue weighted by molar-refractivity contribution is 0.0922. The molecular weight excluding hydrogens is 230 g/mol. The minimum absolute atomic E-state index is 0.00747. The molecule has 0 radical (unpaired) electrons. The van der Waals surface area contributed by atoms with Crippen LogP contribution in [0.1, 0.15) is 43.5 Å². The molecule has 0 amide bonds. The molecule has 0 spiro atoms. The van der Waals surface area contributed by atoms with Gasteiger partial charge in [0.2, 0.25) is 0 Å². The van der Waals surface area contributed by atoms with E-state index >= 15 is 0 Å². The average Bonchev–Trinajstić information content (AvgIpc) is 2.73. The highest BCUT2D eigenvalue weighted by molar-refractivity contribution is 5.99. The molecule has 0 fully saturated rings. The summed E-state index contributed by atoms with van der Waals surface area (Å²) in [4.78, 5) is 25.8. The van der Waals surface area contributed by atoms with Gasteiger partial charge < -0.3 is 4.42 Å². The normalized spacial score (nSPS) is 12.8. The molecule has 0 aliphatic carbocycles. The number of carbonyl (C=O) groups excluding carboxylic acids is 1. The van der Waals surface area contributed by atoms with E-state index in [1.807, 2.05) is 6.92 Å². The molecule has 0 saturated carbocycles. The Labute approximate surface area is 105 Å². The first kappa shape index (κ1) is 12.6. The minimum Gasteiger partial charge on any atom is -0.408 e. The summed E-state index contributed by atoms with van der Waals surface area (Å²) in [7, 11) is 0. The van der Waals surface area contributed by atoms with Gasteiger partial charge in [-0.2, -0.15) is 0 Å². The second-order valence-electron chi connectivity index (χ2n) is 4.63. The van der Waals surface area contributed by atoms with E-state index in [9.17, 15) is 9.59 Å². The van der Waals surface area contributed by atoms with Gasteiger partial charge in [-0.15, -0.1) is 0 Å². The van der Waals surface area contributed by atoms with Crippen molar-refractivity contribution in [1.29, 1.82) is 0 Å². The molecule has 2 rings (SSSR count). The lowest BCUT2D eigenvalue weighted by Gasteiger charge is -2.09. The molecule has 96 valence electrons. The van der Waals surface area contributed by atoms with E-state index < -0.39 is 5.76 Å². The summed E-state index contributed by atoms with van der Waals surface area (Å²) >= 11 is 0. The van der Waals surface area contributed by atoms with Gasteiger partial charge in [0.05, 0.1) is 5.52 Å². The second kappa shape index (κ2) is 5.21. The zero-order chi connectivity index (χ0) is 13.1. The minimum atomic E-state index is -0.492. The number of oxazole rings is 1. The quantitative estimate of drug-likeness (QED) is 0.825. The maximum atomic E-state index is 12.2. The Morgan fingerprint density at radius 1 is 1.44 bits per heavy atom. The number of hydrogen-bond donors (Lipinski definition) is 1. The van der Waals surface area contributed by atoms with Crippen LogP contribution in [0.3, 0.4) is 0 Å². The van der Waals surface area contributed by atoms with Crippen molar-refractivity contribution in [3.63, 3.8) is 0 Å². The van der Waals surface area contributed by atoms with Crippen LogP contribution in [-0.2, 0) is 0 Å². The number of rotatable bonds is 5. The molecule has 18 heavy (non-hydrogen) atoms. The fourth-order valence-electron chi connectivity index (χ4n) is 2.02. The maximum Gasteiger partial charge on any atom is 0.417 e. The van der Waals surface area contributed by atoms with Crippen LogP contribution in [0.25, 0.3) is 11.1 Å². The highest BCUT2D eigenvalue weighted by Crippen LogP contribution is 2.18. The Balaban J connectivity index is 2.24. The summed E-state index contributed by atoms with van der Waals surface area (Å²) in [6, 6.07) is 5.08. The van der Waals surface area contributed by atoms with Crippen molar-refractivity contribution in [2.45, 2.75) is 33.1 Å². The van der Waals surface area contributed by atoms with Gasteiger partial charge in [0.1, 0.15) is 0 Å². The monoisotopic (exact) mass is 247 g/mol. The molecule has 4 nitrogen and oxygen atoms in total. The van der Waals surface area contributed by atoms with Gasteiger partial charge in [0.15, 0.2) is 11.4 Å².